The van der Waals surface area contributed by atoms with Crippen molar-refractivity contribution in [2.75, 3.05) is 12.3 Å². The first-order chi connectivity index (χ1) is 10.4. The Kier molecular flexibility index (Phi) is 3.64. The molecule has 1 aromatic heterocycles. The molecule has 0 radical (unpaired) electrons. The van der Waals surface area contributed by atoms with E-state index in [1.54, 1.807) is 11.6 Å². The number of hydrogen-bond acceptors (Lipinski definition) is 3. The van der Waals surface area contributed by atoms with Gasteiger partial charge in [-0.3, -0.25) is 9.69 Å². The zero-order valence-electron chi connectivity index (χ0n) is 11.6. The van der Waals surface area contributed by atoms with Crippen molar-refractivity contribution in [3.63, 3.8) is 0 Å². The Morgan fingerprint density at radius 1 is 1.36 bits per heavy atom. The summed E-state index contributed by atoms with van der Waals surface area (Å²) in [5, 5.41) is 0.278. The normalized spacial score (nSPS) is 17.6. The smallest absolute Gasteiger partial charge is 0.328 e. The van der Waals surface area contributed by atoms with Crippen molar-refractivity contribution >= 4 is 34.8 Å². The van der Waals surface area contributed by atoms with Gasteiger partial charge in [0.05, 0.1) is 16.1 Å². The molecule has 0 spiro atoms. The molecule has 0 saturated carbocycles. The number of aryl methyl sites for hydroxylation is 1. The van der Waals surface area contributed by atoms with Crippen LogP contribution in [0.3, 0.4) is 0 Å². The predicted octanol–water partition coefficient (Wildman–Crippen LogP) is 3.01. The summed E-state index contributed by atoms with van der Waals surface area (Å²) in [5.41, 5.74) is 1.64. The molecule has 4 nitrogen and oxygen atoms in total. The molecule has 2 aromatic rings. The highest BCUT2D eigenvalue weighted by Crippen LogP contribution is 2.33. The Bertz CT molecular complexity index is 766. The zero-order chi connectivity index (χ0) is 15.9. The van der Waals surface area contributed by atoms with Crippen LogP contribution in [0.2, 0.25) is 0 Å². The monoisotopic (exact) mass is 327 g/mol. The van der Waals surface area contributed by atoms with E-state index in [4.69, 9.17) is 0 Å². The van der Waals surface area contributed by atoms with Crippen molar-refractivity contribution in [1.29, 1.82) is 0 Å². The number of hydrogen-bond donors (Lipinski definition) is 0. The standard InChI is InChI=1S/C14H12F3N3OS/c1-19-10-5-3-2-4-9(10)18-11(19)8-12-20(6-7-22-12)13(21)14(15,16)17/h2-5,8H,6-7H2,1H3/b12-8+. The maximum absolute atomic E-state index is 12.6. The zero-order valence-corrected chi connectivity index (χ0v) is 12.4. The third-order valence-corrected chi connectivity index (χ3v) is 4.41. The third kappa shape index (κ3) is 2.58. The number of imidazole rings is 1. The number of rotatable bonds is 1. The van der Waals surface area contributed by atoms with Crippen LogP contribution in [0, 0.1) is 0 Å². The highest BCUT2D eigenvalue weighted by Gasteiger charge is 2.44. The first-order valence-corrected chi connectivity index (χ1v) is 7.51. The van der Waals surface area contributed by atoms with E-state index < -0.39 is 12.1 Å². The fraction of sp³-hybridized carbons (Fsp3) is 0.286. The molecule has 0 aliphatic carbocycles. The van der Waals surface area contributed by atoms with E-state index in [1.165, 1.54) is 17.8 Å². The van der Waals surface area contributed by atoms with Crippen molar-refractivity contribution in [2.45, 2.75) is 6.18 Å². The molecule has 1 aliphatic rings. The van der Waals surface area contributed by atoms with E-state index in [0.29, 0.717) is 11.6 Å². The van der Waals surface area contributed by atoms with Gasteiger partial charge in [0, 0.05) is 25.4 Å². The lowest BCUT2D eigenvalue weighted by Gasteiger charge is -2.18. The summed E-state index contributed by atoms with van der Waals surface area (Å²) in [7, 11) is 1.79. The second-order valence-corrected chi connectivity index (χ2v) is 5.92. The number of alkyl halides is 3. The highest BCUT2D eigenvalue weighted by atomic mass is 32.2. The highest BCUT2D eigenvalue weighted by molar-refractivity contribution is 8.03. The van der Waals surface area contributed by atoms with Gasteiger partial charge in [-0.05, 0) is 12.1 Å². The van der Waals surface area contributed by atoms with Gasteiger partial charge in [0.2, 0.25) is 0 Å². The number of fused-ring (bicyclic) bond motifs is 1. The number of halogens is 3. The molecule has 2 heterocycles. The molecular weight excluding hydrogens is 315 g/mol. The molecular formula is C14H12F3N3OS. The number of amides is 1. The van der Waals surface area contributed by atoms with Gasteiger partial charge >= 0.3 is 12.1 Å². The van der Waals surface area contributed by atoms with Gasteiger partial charge in [-0.1, -0.05) is 12.1 Å². The summed E-state index contributed by atoms with van der Waals surface area (Å²) in [4.78, 5) is 16.6. The van der Waals surface area contributed by atoms with Crippen LogP contribution in [0.25, 0.3) is 17.1 Å². The van der Waals surface area contributed by atoms with Crippen LogP contribution < -0.4 is 0 Å². The molecule has 1 amide bonds. The van der Waals surface area contributed by atoms with Gasteiger partial charge in [0.25, 0.3) is 0 Å². The summed E-state index contributed by atoms with van der Waals surface area (Å²) < 4.78 is 39.6. The average molecular weight is 327 g/mol. The minimum atomic E-state index is -4.86. The quantitative estimate of drug-likeness (QED) is 0.808. The number of benzene rings is 1. The summed E-state index contributed by atoms with van der Waals surface area (Å²) in [5.74, 6) is -0.870. The number of thioether (sulfide) groups is 1. The van der Waals surface area contributed by atoms with Crippen molar-refractivity contribution in [3.05, 3.63) is 35.1 Å². The fourth-order valence-corrected chi connectivity index (χ4v) is 3.31. The van der Waals surface area contributed by atoms with Crippen LogP contribution in [0.15, 0.2) is 29.3 Å². The number of para-hydroxylation sites is 2. The van der Waals surface area contributed by atoms with Crippen LogP contribution in [-0.2, 0) is 11.8 Å². The van der Waals surface area contributed by atoms with Crippen LogP contribution in [0.4, 0.5) is 13.2 Å². The van der Waals surface area contributed by atoms with Crippen molar-refractivity contribution in [2.24, 2.45) is 7.05 Å². The maximum atomic E-state index is 12.6. The average Bonchev–Trinajstić information content (AvgIpc) is 3.04. The molecule has 0 N–H and O–H groups in total. The Hall–Kier alpha value is -1.96. The molecule has 1 saturated heterocycles. The van der Waals surface area contributed by atoms with E-state index >= 15 is 0 Å². The molecule has 0 bridgehead atoms. The Morgan fingerprint density at radius 2 is 2.09 bits per heavy atom. The van der Waals surface area contributed by atoms with Crippen LogP contribution >= 0.6 is 11.8 Å². The lowest BCUT2D eigenvalue weighted by Crippen LogP contribution is -2.38. The summed E-state index contributed by atoms with van der Waals surface area (Å²) in [6.45, 7) is 0.0544. The molecule has 1 aliphatic heterocycles. The third-order valence-electron chi connectivity index (χ3n) is 3.39. The minimum Gasteiger partial charge on any atom is -0.328 e. The molecule has 22 heavy (non-hydrogen) atoms. The molecule has 3 rings (SSSR count). The topological polar surface area (TPSA) is 38.1 Å². The van der Waals surface area contributed by atoms with E-state index in [-0.39, 0.29) is 11.6 Å². The van der Waals surface area contributed by atoms with E-state index in [1.807, 2.05) is 24.3 Å². The van der Waals surface area contributed by atoms with Crippen molar-refractivity contribution in [3.8, 4) is 0 Å². The van der Waals surface area contributed by atoms with E-state index in [9.17, 15) is 18.0 Å². The van der Waals surface area contributed by atoms with Gasteiger partial charge in [-0.25, -0.2) is 4.98 Å². The lowest BCUT2D eigenvalue weighted by molar-refractivity contribution is -0.182. The van der Waals surface area contributed by atoms with Crippen molar-refractivity contribution < 1.29 is 18.0 Å². The van der Waals surface area contributed by atoms with Crippen LogP contribution in [0.1, 0.15) is 5.82 Å². The van der Waals surface area contributed by atoms with E-state index in [0.717, 1.165) is 15.9 Å². The predicted molar refractivity (Wildman–Crippen MR) is 78.9 cm³/mol. The SMILES string of the molecule is Cn1c(/C=C2/SCCN2C(=O)C(F)(F)F)nc2ccccc21. The Balaban J connectivity index is 1.99. The van der Waals surface area contributed by atoms with Gasteiger partial charge in [0.1, 0.15) is 5.82 Å². The van der Waals surface area contributed by atoms with Crippen molar-refractivity contribution in [1.82, 2.24) is 14.5 Å². The second-order valence-electron chi connectivity index (χ2n) is 4.80. The lowest BCUT2D eigenvalue weighted by atomic mass is 10.3. The summed E-state index contributed by atoms with van der Waals surface area (Å²) >= 11 is 1.22. The molecule has 1 fully saturated rings. The maximum Gasteiger partial charge on any atom is 0.471 e. The molecule has 0 unspecified atom stereocenters. The number of nitrogens with zero attached hydrogens (tertiary/aromatic N) is 3. The molecule has 116 valence electrons. The molecule has 8 heteroatoms. The number of carbonyl (C=O) groups excluding carboxylic acids is 1. The largest absolute Gasteiger partial charge is 0.471 e. The van der Waals surface area contributed by atoms with Gasteiger partial charge < -0.3 is 4.57 Å². The molecule has 1 aromatic carbocycles. The van der Waals surface area contributed by atoms with Gasteiger partial charge in [-0.2, -0.15) is 13.2 Å². The Morgan fingerprint density at radius 3 is 2.77 bits per heavy atom. The first kappa shape index (κ1) is 15.0. The number of aromatic nitrogens is 2. The first-order valence-electron chi connectivity index (χ1n) is 6.52. The Labute approximate surface area is 128 Å². The number of carbonyl (C=O) groups is 1. The summed E-state index contributed by atoms with van der Waals surface area (Å²) in [6, 6.07) is 7.42. The second kappa shape index (κ2) is 5.35. The van der Waals surface area contributed by atoms with Crippen LogP contribution in [-0.4, -0.2) is 38.8 Å². The van der Waals surface area contributed by atoms with Crippen LogP contribution in [0.5, 0.6) is 0 Å². The fourth-order valence-electron chi connectivity index (χ4n) is 2.31. The molecule has 0 atom stereocenters. The van der Waals surface area contributed by atoms with Gasteiger partial charge in [-0.15, -0.1) is 11.8 Å². The summed E-state index contributed by atoms with van der Waals surface area (Å²) in [6.07, 6.45) is -3.34. The minimum absolute atomic E-state index is 0.0544. The van der Waals surface area contributed by atoms with E-state index in [2.05, 4.69) is 4.98 Å². The van der Waals surface area contributed by atoms with Gasteiger partial charge in [0.15, 0.2) is 0 Å².